The van der Waals surface area contributed by atoms with Gasteiger partial charge < -0.3 is 5.32 Å². The van der Waals surface area contributed by atoms with E-state index in [4.69, 9.17) is 0 Å². The van der Waals surface area contributed by atoms with Gasteiger partial charge in [0.15, 0.2) is 0 Å². The van der Waals surface area contributed by atoms with E-state index in [1.165, 1.54) is 25.1 Å². The fraction of sp³-hybridized carbons (Fsp3) is 0.182. The summed E-state index contributed by atoms with van der Waals surface area (Å²) in [6, 6.07) is 5.10. The molecule has 1 aromatic carbocycles. The molecule has 0 radical (unpaired) electrons. The van der Waals surface area contributed by atoms with E-state index in [-0.39, 0.29) is 17.8 Å². The van der Waals surface area contributed by atoms with E-state index >= 15 is 0 Å². The van der Waals surface area contributed by atoms with Crippen LogP contribution in [0.25, 0.3) is 0 Å². The molecule has 0 saturated heterocycles. The van der Waals surface area contributed by atoms with Gasteiger partial charge in [-0.25, -0.2) is 0 Å². The molecule has 0 aliphatic carbocycles. The number of carbonyl (C=O) groups is 3. The van der Waals surface area contributed by atoms with Crippen LogP contribution in [0.15, 0.2) is 24.3 Å². The van der Waals surface area contributed by atoms with Crippen LogP contribution in [0.4, 0.5) is 5.69 Å². The quantitative estimate of drug-likeness (QED) is 0.505. The minimum atomic E-state index is -0.633. The topological polar surface area (TPSA) is 130 Å². The number of rotatable bonds is 4. The first-order valence-corrected chi connectivity index (χ1v) is 5.48. The monoisotopic (exact) mass is 280 g/mol. The highest BCUT2D eigenvalue weighted by atomic mass is 16.6. The van der Waals surface area contributed by atoms with Crippen LogP contribution in [0.3, 0.4) is 0 Å². The first-order valence-electron chi connectivity index (χ1n) is 5.48. The first-order chi connectivity index (χ1) is 9.40. The average molecular weight is 280 g/mol. The van der Waals surface area contributed by atoms with Gasteiger partial charge >= 0.3 is 0 Å². The van der Waals surface area contributed by atoms with Gasteiger partial charge in [-0.15, -0.1) is 0 Å². The van der Waals surface area contributed by atoms with Gasteiger partial charge in [0.1, 0.15) is 0 Å². The molecule has 20 heavy (non-hydrogen) atoms. The molecule has 0 aliphatic heterocycles. The summed E-state index contributed by atoms with van der Waals surface area (Å²) in [5.74, 6) is -1.71. The maximum Gasteiger partial charge on any atom is 0.270 e. The number of hydrogen-bond donors (Lipinski definition) is 3. The van der Waals surface area contributed by atoms with Gasteiger partial charge in [-0.2, -0.15) is 0 Å². The molecule has 0 unspecified atom stereocenters. The van der Waals surface area contributed by atoms with Crippen LogP contribution >= 0.6 is 0 Å². The SMILES string of the molecule is CC(=O)NNC(=O)CNC(=O)c1cccc([N+](=O)[O-])c1. The van der Waals surface area contributed by atoms with Crippen molar-refractivity contribution in [3.8, 4) is 0 Å². The summed E-state index contributed by atoms with van der Waals surface area (Å²) < 4.78 is 0. The summed E-state index contributed by atoms with van der Waals surface area (Å²) >= 11 is 0. The predicted molar refractivity (Wildman–Crippen MR) is 67.4 cm³/mol. The molecule has 1 aromatic rings. The Balaban J connectivity index is 2.54. The molecule has 0 saturated carbocycles. The molecular formula is C11H12N4O5. The number of hydrogen-bond acceptors (Lipinski definition) is 5. The van der Waals surface area contributed by atoms with E-state index in [2.05, 4.69) is 16.2 Å². The van der Waals surface area contributed by atoms with E-state index in [1.54, 1.807) is 0 Å². The van der Waals surface area contributed by atoms with Gasteiger partial charge in [-0.1, -0.05) is 6.07 Å². The molecule has 0 fully saturated rings. The Bertz CT molecular complexity index is 557. The van der Waals surface area contributed by atoms with Crippen LogP contribution in [0, 0.1) is 10.1 Å². The van der Waals surface area contributed by atoms with Crippen molar-refractivity contribution in [2.75, 3.05) is 6.54 Å². The van der Waals surface area contributed by atoms with Crippen LogP contribution in [-0.2, 0) is 9.59 Å². The highest BCUT2D eigenvalue weighted by Gasteiger charge is 2.12. The van der Waals surface area contributed by atoms with Crippen molar-refractivity contribution in [2.24, 2.45) is 0 Å². The summed E-state index contributed by atoms with van der Waals surface area (Å²) in [6.45, 7) is 0.837. The molecule has 9 nitrogen and oxygen atoms in total. The highest BCUT2D eigenvalue weighted by Crippen LogP contribution is 2.12. The number of carbonyl (C=O) groups excluding carboxylic acids is 3. The second kappa shape index (κ2) is 6.83. The molecule has 3 amide bonds. The number of nitrogens with zero attached hydrogens (tertiary/aromatic N) is 1. The molecule has 0 bridgehead atoms. The number of nitro benzene ring substituents is 1. The molecule has 1 rings (SSSR count). The Hall–Kier alpha value is -2.97. The second-order valence-electron chi connectivity index (χ2n) is 3.72. The fourth-order valence-electron chi connectivity index (χ4n) is 1.23. The Morgan fingerprint density at radius 1 is 1.25 bits per heavy atom. The Morgan fingerprint density at radius 3 is 2.55 bits per heavy atom. The van der Waals surface area contributed by atoms with E-state index in [0.29, 0.717) is 0 Å². The summed E-state index contributed by atoms with van der Waals surface area (Å²) in [7, 11) is 0. The van der Waals surface area contributed by atoms with E-state index < -0.39 is 22.6 Å². The molecule has 0 aliphatic rings. The van der Waals surface area contributed by atoms with Gasteiger partial charge in [0.2, 0.25) is 5.91 Å². The van der Waals surface area contributed by atoms with Gasteiger partial charge in [-0.3, -0.25) is 35.3 Å². The Labute approximate surface area is 113 Å². The van der Waals surface area contributed by atoms with E-state index in [9.17, 15) is 24.5 Å². The van der Waals surface area contributed by atoms with Crippen LogP contribution < -0.4 is 16.2 Å². The lowest BCUT2D eigenvalue weighted by atomic mass is 10.2. The smallest absolute Gasteiger partial charge is 0.270 e. The first kappa shape index (κ1) is 15.1. The maximum absolute atomic E-state index is 11.7. The number of nitro groups is 1. The summed E-state index contributed by atoms with van der Waals surface area (Å²) in [5.41, 5.74) is 3.95. The molecule has 0 heterocycles. The van der Waals surface area contributed by atoms with Crippen molar-refractivity contribution in [1.82, 2.24) is 16.2 Å². The van der Waals surface area contributed by atoms with Crippen molar-refractivity contribution < 1.29 is 19.3 Å². The van der Waals surface area contributed by atoms with Crippen LogP contribution in [0.1, 0.15) is 17.3 Å². The standard InChI is InChI=1S/C11H12N4O5/c1-7(16)13-14-10(17)6-12-11(18)8-3-2-4-9(5-8)15(19)20/h2-5H,6H2,1H3,(H,12,18)(H,13,16)(H,14,17). The molecular weight excluding hydrogens is 268 g/mol. The lowest BCUT2D eigenvalue weighted by molar-refractivity contribution is -0.384. The third kappa shape index (κ3) is 4.72. The van der Waals surface area contributed by atoms with Crippen molar-refractivity contribution in [2.45, 2.75) is 6.92 Å². The summed E-state index contributed by atoms with van der Waals surface area (Å²) in [5, 5.41) is 12.8. The highest BCUT2D eigenvalue weighted by molar-refractivity contribution is 5.97. The molecule has 0 atom stereocenters. The van der Waals surface area contributed by atoms with Crippen molar-refractivity contribution in [3.05, 3.63) is 39.9 Å². The minimum absolute atomic E-state index is 0.0616. The van der Waals surface area contributed by atoms with Gasteiger partial charge in [0.05, 0.1) is 11.5 Å². The number of non-ortho nitro benzene ring substituents is 1. The molecule has 106 valence electrons. The van der Waals surface area contributed by atoms with Gasteiger partial charge in [0.25, 0.3) is 17.5 Å². The number of benzene rings is 1. The molecule has 9 heteroatoms. The second-order valence-corrected chi connectivity index (χ2v) is 3.72. The van der Waals surface area contributed by atoms with Crippen molar-refractivity contribution in [1.29, 1.82) is 0 Å². The largest absolute Gasteiger partial charge is 0.343 e. The zero-order chi connectivity index (χ0) is 15.1. The zero-order valence-corrected chi connectivity index (χ0v) is 10.5. The predicted octanol–water partition coefficient (Wildman–Crippen LogP) is -0.508. The van der Waals surface area contributed by atoms with Crippen LogP contribution in [-0.4, -0.2) is 29.2 Å². The van der Waals surface area contributed by atoms with E-state index in [0.717, 1.165) is 6.07 Å². The van der Waals surface area contributed by atoms with Crippen LogP contribution in [0.2, 0.25) is 0 Å². The van der Waals surface area contributed by atoms with Crippen molar-refractivity contribution in [3.63, 3.8) is 0 Å². The molecule has 0 spiro atoms. The minimum Gasteiger partial charge on any atom is -0.343 e. The summed E-state index contributed by atoms with van der Waals surface area (Å²) in [6.07, 6.45) is 0. The normalized spacial score (nSPS) is 9.45. The van der Waals surface area contributed by atoms with Crippen molar-refractivity contribution >= 4 is 23.4 Å². The Kier molecular flexibility index (Phi) is 5.15. The third-order valence-electron chi connectivity index (χ3n) is 2.11. The molecule has 3 N–H and O–H groups in total. The van der Waals surface area contributed by atoms with Gasteiger partial charge in [0, 0.05) is 24.6 Å². The number of nitrogens with one attached hydrogen (secondary N) is 3. The lowest BCUT2D eigenvalue weighted by Crippen LogP contribution is -2.45. The van der Waals surface area contributed by atoms with Gasteiger partial charge in [-0.05, 0) is 6.07 Å². The lowest BCUT2D eigenvalue weighted by Gasteiger charge is -2.06. The number of amides is 3. The Morgan fingerprint density at radius 2 is 1.95 bits per heavy atom. The molecule has 0 aromatic heterocycles. The maximum atomic E-state index is 11.7. The number of hydrazine groups is 1. The summed E-state index contributed by atoms with van der Waals surface area (Å²) in [4.78, 5) is 43.3. The average Bonchev–Trinajstić information content (AvgIpc) is 2.42. The zero-order valence-electron chi connectivity index (χ0n) is 10.5. The fourth-order valence-corrected chi connectivity index (χ4v) is 1.23. The third-order valence-corrected chi connectivity index (χ3v) is 2.11. The van der Waals surface area contributed by atoms with Crippen LogP contribution in [0.5, 0.6) is 0 Å². The van der Waals surface area contributed by atoms with E-state index in [1.807, 2.05) is 0 Å².